The lowest BCUT2D eigenvalue weighted by Gasteiger charge is -2.35. The third-order valence-corrected chi connectivity index (χ3v) is 7.50. The molecule has 0 aromatic rings. The summed E-state index contributed by atoms with van der Waals surface area (Å²) in [6.45, 7) is 13.0. The first-order valence-corrected chi connectivity index (χ1v) is 16.3. The monoisotopic (exact) mass is 578 g/mol. The molecular weight excluding hydrogens is 516 g/mol. The molecule has 0 saturated carbocycles. The van der Waals surface area contributed by atoms with Crippen LogP contribution < -0.4 is 0 Å². The maximum absolute atomic E-state index is 13.7. The lowest BCUT2D eigenvalue weighted by atomic mass is 9.77. The van der Waals surface area contributed by atoms with Crippen molar-refractivity contribution in [3.05, 3.63) is 0 Å². The van der Waals surface area contributed by atoms with Crippen LogP contribution in [0.15, 0.2) is 0 Å². The molecule has 0 saturated heterocycles. The molecule has 0 radical (unpaired) electrons. The van der Waals surface area contributed by atoms with E-state index < -0.39 is 34.5 Å². The minimum Gasteiger partial charge on any atom is -0.481 e. The van der Waals surface area contributed by atoms with Gasteiger partial charge in [0.05, 0.1) is 5.92 Å². The number of hydrogen-bond donors (Lipinski definition) is 1. The number of carbonyl (C=O) groups excluding carboxylic acids is 2. The molecule has 0 aromatic carbocycles. The molecular formula is C35H62O6. The zero-order chi connectivity index (χ0) is 31.4. The summed E-state index contributed by atoms with van der Waals surface area (Å²) in [7, 11) is 0. The molecule has 0 rings (SSSR count). The van der Waals surface area contributed by atoms with Crippen LogP contribution in [0.3, 0.4) is 0 Å². The second-order valence-corrected chi connectivity index (χ2v) is 13.7. The second-order valence-electron chi connectivity index (χ2n) is 13.7. The molecule has 0 bridgehead atoms. The van der Waals surface area contributed by atoms with Crippen molar-refractivity contribution >= 4 is 17.9 Å². The molecule has 0 spiro atoms. The number of carboxylic acids is 1. The fraction of sp³-hybridized carbons (Fsp3) is 0.857. The Labute approximate surface area is 252 Å². The molecule has 6 heteroatoms. The zero-order valence-corrected chi connectivity index (χ0v) is 27.6. The highest BCUT2D eigenvalue weighted by Crippen LogP contribution is 2.38. The van der Waals surface area contributed by atoms with Gasteiger partial charge in [0.2, 0.25) is 0 Å². The maximum Gasteiger partial charge on any atom is 0.324 e. The van der Waals surface area contributed by atoms with E-state index in [4.69, 9.17) is 15.9 Å². The molecule has 0 fully saturated rings. The summed E-state index contributed by atoms with van der Waals surface area (Å²) in [4.78, 5) is 38.5. The Morgan fingerprint density at radius 3 is 1.37 bits per heavy atom. The van der Waals surface area contributed by atoms with E-state index in [1.54, 1.807) is 0 Å². The van der Waals surface area contributed by atoms with E-state index in [1.165, 1.54) is 0 Å². The van der Waals surface area contributed by atoms with Crippen LogP contribution in [0, 0.1) is 23.7 Å². The van der Waals surface area contributed by atoms with E-state index >= 15 is 0 Å². The van der Waals surface area contributed by atoms with E-state index in [1.807, 2.05) is 48.5 Å². The second kappa shape index (κ2) is 20.8. The Balaban J connectivity index is 5.13. The summed E-state index contributed by atoms with van der Waals surface area (Å²) < 4.78 is 11.7. The van der Waals surface area contributed by atoms with Crippen molar-refractivity contribution in [3.63, 3.8) is 0 Å². The molecule has 238 valence electrons. The first kappa shape index (κ1) is 39.0. The van der Waals surface area contributed by atoms with Crippen LogP contribution in [0.4, 0.5) is 0 Å². The third-order valence-electron chi connectivity index (χ3n) is 7.50. The largest absolute Gasteiger partial charge is 0.481 e. The van der Waals surface area contributed by atoms with Gasteiger partial charge in [-0.2, -0.15) is 0 Å². The van der Waals surface area contributed by atoms with E-state index in [0.717, 1.165) is 103 Å². The number of ether oxygens (including phenoxy) is 2. The van der Waals surface area contributed by atoms with E-state index in [0.29, 0.717) is 19.3 Å². The summed E-state index contributed by atoms with van der Waals surface area (Å²) in [5, 5.41) is 9.20. The fourth-order valence-electron chi connectivity index (χ4n) is 5.11. The van der Waals surface area contributed by atoms with Gasteiger partial charge in [0.1, 0.15) is 11.2 Å². The first-order chi connectivity index (χ1) is 19.2. The molecule has 1 N–H and O–H groups in total. The van der Waals surface area contributed by atoms with Crippen LogP contribution in [-0.2, 0) is 23.9 Å². The Bertz CT molecular complexity index is 752. The predicted octanol–water partition coefficient (Wildman–Crippen LogP) is 9.42. The average Bonchev–Trinajstić information content (AvgIpc) is 2.85. The molecule has 6 nitrogen and oxygen atoms in total. The maximum atomic E-state index is 13.7. The normalized spacial score (nSPS) is 12.9. The molecule has 0 aliphatic heterocycles. The van der Waals surface area contributed by atoms with Crippen molar-refractivity contribution in [1.29, 1.82) is 0 Å². The standard InChI is InChI=1S/C35H62O6/c1-9-11-12-13-14-15-18-21-24-27-35(31(38)40-33(3,4)5,32(39)41-34(6,7)8)28-25-22-19-16-17-20-23-26-29(10-2)30(36)37/h1,29H,10-28H2,2-8H3,(H,36,37). The minimum atomic E-state index is -1.29. The SMILES string of the molecule is C#CCCCCCCCCCC(CCCCCCCCCC(CC)C(=O)O)(C(=O)OC(C)(C)C)C(=O)OC(C)(C)C. The summed E-state index contributed by atoms with van der Waals surface area (Å²) in [6, 6.07) is 0. The number of terminal acetylenes is 1. The van der Waals surface area contributed by atoms with Crippen LogP contribution in [0.2, 0.25) is 0 Å². The summed E-state index contributed by atoms with van der Waals surface area (Å²) in [5.74, 6) is 0.841. The number of aliphatic carboxylic acids is 1. The van der Waals surface area contributed by atoms with Gasteiger partial charge in [-0.05, 0) is 73.6 Å². The lowest BCUT2D eigenvalue weighted by Crippen LogP contribution is -2.46. The number of carbonyl (C=O) groups is 3. The highest BCUT2D eigenvalue weighted by atomic mass is 16.6. The highest BCUT2D eigenvalue weighted by Gasteiger charge is 2.50. The van der Waals surface area contributed by atoms with Crippen LogP contribution >= 0.6 is 0 Å². The number of carboxylic acid groups (broad SMARTS) is 1. The van der Waals surface area contributed by atoms with Gasteiger partial charge in [0.15, 0.2) is 5.41 Å². The van der Waals surface area contributed by atoms with Gasteiger partial charge in [-0.15, -0.1) is 12.3 Å². The average molecular weight is 579 g/mol. The Hall–Kier alpha value is -2.03. The number of rotatable bonds is 23. The lowest BCUT2D eigenvalue weighted by molar-refractivity contribution is -0.187. The van der Waals surface area contributed by atoms with Crippen LogP contribution in [-0.4, -0.2) is 34.2 Å². The van der Waals surface area contributed by atoms with Crippen molar-refractivity contribution in [1.82, 2.24) is 0 Å². The Kier molecular flexibility index (Phi) is 19.8. The van der Waals surface area contributed by atoms with Gasteiger partial charge in [-0.1, -0.05) is 90.4 Å². The molecule has 0 aliphatic rings. The Morgan fingerprint density at radius 2 is 1.02 bits per heavy atom. The third kappa shape index (κ3) is 18.9. The number of esters is 2. The van der Waals surface area contributed by atoms with E-state index in [2.05, 4.69) is 5.92 Å². The molecule has 0 amide bonds. The summed E-state index contributed by atoms with van der Waals surface area (Å²) in [5.41, 5.74) is -2.68. The van der Waals surface area contributed by atoms with Gasteiger partial charge in [-0.25, -0.2) is 0 Å². The quantitative estimate of drug-likeness (QED) is 0.0562. The van der Waals surface area contributed by atoms with Crippen molar-refractivity contribution in [2.45, 2.75) is 182 Å². The van der Waals surface area contributed by atoms with Crippen molar-refractivity contribution < 1.29 is 29.0 Å². The van der Waals surface area contributed by atoms with Gasteiger partial charge in [-0.3, -0.25) is 14.4 Å². The van der Waals surface area contributed by atoms with Gasteiger partial charge in [0, 0.05) is 6.42 Å². The number of unbranched alkanes of at least 4 members (excludes halogenated alkanes) is 13. The van der Waals surface area contributed by atoms with Crippen LogP contribution in [0.5, 0.6) is 0 Å². The molecule has 0 aromatic heterocycles. The van der Waals surface area contributed by atoms with Crippen LogP contribution in [0.25, 0.3) is 0 Å². The van der Waals surface area contributed by atoms with Crippen molar-refractivity contribution in [2.75, 3.05) is 0 Å². The topological polar surface area (TPSA) is 89.9 Å². The zero-order valence-electron chi connectivity index (χ0n) is 27.6. The molecule has 41 heavy (non-hydrogen) atoms. The van der Waals surface area contributed by atoms with Gasteiger partial charge >= 0.3 is 17.9 Å². The molecule has 0 heterocycles. The highest BCUT2D eigenvalue weighted by molar-refractivity contribution is 6.00. The number of hydrogen-bond acceptors (Lipinski definition) is 5. The Morgan fingerprint density at radius 1 is 0.659 bits per heavy atom. The fourth-order valence-corrected chi connectivity index (χ4v) is 5.11. The molecule has 1 atom stereocenters. The van der Waals surface area contributed by atoms with Gasteiger partial charge < -0.3 is 14.6 Å². The summed E-state index contributed by atoms with van der Waals surface area (Å²) in [6.07, 6.45) is 22.6. The van der Waals surface area contributed by atoms with Crippen LogP contribution in [0.1, 0.15) is 170 Å². The summed E-state index contributed by atoms with van der Waals surface area (Å²) >= 11 is 0. The molecule has 1 unspecified atom stereocenters. The minimum absolute atomic E-state index is 0.234. The van der Waals surface area contributed by atoms with Gasteiger partial charge in [0.25, 0.3) is 0 Å². The van der Waals surface area contributed by atoms with Crippen molar-refractivity contribution in [3.8, 4) is 12.3 Å². The van der Waals surface area contributed by atoms with Crippen molar-refractivity contribution in [2.24, 2.45) is 11.3 Å². The first-order valence-electron chi connectivity index (χ1n) is 16.3. The van der Waals surface area contributed by atoms with E-state index in [-0.39, 0.29) is 5.92 Å². The smallest absolute Gasteiger partial charge is 0.324 e. The van der Waals surface area contributed by atoms with E-state index in [9.17, 15) is 19.5 Å². The predicted molar refractivity (Wildman–Crippen MR) is 167 cm³/mol. The molecule has 0 aliphatic carbocycles.